The highest BCUT2D eigenvalue weighted by molar-refractivity contribution is 5.83. The highest BCUT2D eigenvalue weighted by Crippen LogP contribution is 2.60. The minimum absolute atomic E-state index is 0.119. The molecule has 3 N–H and O–H groups in total. The van der Waals surface area contributed by atoms with Gasteiger partial charge >= 0.3 is 6.09 Å². The van der Waals surface area contributed by atoms with Gasteiger partial charge in [0.25, 0.3) is 0 Å². The van der Waals surface area contributed by atoms with E-state index in [-0.39, 0.29) is 29.4 Å². The summed E-state index contributed by atoms with van der Waals surface area (Å²) in [5.41, 5.74) is 0.0200. The van der Waals surface area contributed by atoms with Gasteiger partial charge in [0.2, 0.25) is 11.8 Å². The van der Waals surface area contributed by atoms with E-state index in [9.17, 15) is 14.4 Å². The Morgan fingerprint density at radius 2 is 1.20 bits per heavy atom. The molecule has 41 heavy (non-hydrogen) atoms. The molecule has 0 aromatic heterocycles. The molecule has 2 atom stereocenters. The number of hydrogen-bond donors (Lipinski definition) is 3. The predicted molar refractivity (Wildman–Crippen MR) is 154 cm³/mol. The third-order valence-corrected chi connectivity index (χ3v) is 10.2. The minimum Gasteiger partial charge on any atom is -0.444 e. The standard InChI is InChI=1S/C18H30N2O4.C13H22N2O2/c1-17(2,3)24-16(22)20-8-6-18(7-9-20)12-14(18)15(21)19-13-4-10-23-11-5-13;16-12(15-10-1-7-17-8-2-10)11-9-13(11)3-5-14-6-4-13/h13-14H,4-12H2,1-3H3,(H,19,21);10-11,14H,1-9H2,(H,15,16). The molecule has 0 bridgehead atoms. The number of piperidine rings is 2. The van der Waals surface area contributed by atoms with E-state index in [0.29, 0.717) is 36.4 Å². The average molecular weight is 577 g/mol. The number of carbonyl (C=O) groups is 3. The molecule has 232 valence electrons. The number of carbonyl (C=O) groups excluding carboxylic acids is 3. The number of amides is 3. The lowest BCUT2D eigenvalue weighted by molar-refractivity contribution is -0.125. The van der Waals surface area contributed by atoms with Crippen molar-refractivity contribution in [1.29, 1.82) is 0 Å². The van der Waals surface area contributed by atoms with Gasteiger partial charge in [-0.05, 0) is 109 Å². The summed E-state index contributed by atoms with van der Waals surface area (Å²) in [5, 5.41) is 9.78. The molecule has 0 aromatic rings. The number of likely N-dealkylation sites (tertiary alicyclic amines) is 1. The Labute approximate surface area is 245 Å². The molecule has 4 saturated heterocycles. The summed E-state index contributed by atoms with van der Waals surface area (Å²) in [7, 11) is 0. The molecule has 2 spiro atoms. The zero-order valence-corrected chi connectivity index (χ0v) is 25.4. The lowest BCUT2D eigenvalue weighted by atomic mass is 9.90. The first-order valence-corrected chi connectivity index (χ1v) is 16.0. The quantitative estimate of drug-likeness (QED) is 0.471. The minimum atomic E-state index is -0.460. The van der Waals surface area contributed by atoms with E-state index in [1.165, 1.54) is 12.8 Å². The van der Waals surface area contributed by atoms with Crippen LogP contribution < -0.4 is 16.0 Å². The van der Waals surface area contributed by atoms with Crippen molar-refractivity contribution in [2.45, 2.75) is 103 Å². The van der Waals surface area contributed by atoms with Gasteiger partial charge in [0.05, 0.1) is 0 Å². The van der Waals surface area contributed by atoms with Crippen molar-refractivity contribution in [3.63, 3.8) is 0 Å². The zero-order valence-electron chi connectivity index (χ0n) is 25.4. The van der Waals surface area contributed by atoms with Crippen LogP contribution in [0.25, 0.3) is 0 Å². The first-order valence-electron chi connectivity index (χ1n) is 16.0. The second-order valence-electron chi connectivity index (χ2n) is 14.2. The third-order valence-electron chi connectivity index (χ3n) is 10.2. The van der Waals surface area contributed by atoms with E-state index in [2.05, 4.69) is 16.0 Å². The molecule has 2 aliphatic carbocycles. The van der Waals surface area contributed by atoms with Crippen molar-refractivity contribution in [1.82, 2.24) is 20.9 Å². The fourth-order valence-electron chi connectivity index (χ4n) is 7.22. The molecule has 2 saturated carbocycles. The van der Waals surface area contributed by atoms with Crippen LogP contribution in [0.4, 0.5) is 4.79 Å². The molecule has 10 nitrogen and oxygen atoms in total. The SMILES string of the molecule is CC(C)(C)OC(=O)N1CCC2(CC1)CC2C(=O)NC1CCOCC1.O=C(NC1CCOCC1)C1CC12CCNCC2. The molecular weight excluding hydrogens is 524 g/mol. The van der Waals surface area contributed by atoms with Crippen LogP contribution in [0.2, 0.25) is 0 Å². The zero-order chi connectivity index (χ0) is 29.1. The first kappa shape index (κ1) is 30.5. The van der Waals surface area contributed by atoms with Crippen LogP contribution in [0.5, 0.6) is 0 Å². The van der Waals surface area contributed by atoms with Crippen LogP contribution in [-0.2, 0) is 23.8 Å². The van der Waals surface area contributed by atoms with Gasteiger partial charge in [-0.15, -0.1) is 0 Å². The molecule has 4 aliphatic heterocycles. The number of nitrogens with one attached hydrogen (secondary N) is 3. The lowest BCUT2D eigenvalue weighted by Gasteiger charge is -2.34. The van der Waals surface area contributed by atoms with Gasteiger partial charge in [-0.1, -0.05) is 0 Å². The summed E-state index contributed by atoms with van der Waals surface area (Å²) in [6.07, 6.45) is 9.79. The number of rotatable bonds is 4. The van der Waals surface area contributed by atoms with Crippen LogP contribution in [-0.4, -0.2) is 93.1 Å². The van der Waals surface area contributed by atoms with Crippen molar-refractivity contribution in [2.24, 2.45) is 22.7 Å². The lowest BCUT2D eigenvalue weighted by Crippen LogP contribution is -2.44. The van der Waals surface area contributed by atoms with E-state index < -0.39 is 5.60 Å². The van der Waals surface area contributed by atoms with Gasteiger partial charge in [0.15, 0.2) is 0 Å². The molecule has 4 heterocycles. The van der Waals surface area contributed by atoms with Crippen LogP contribution in [0.3, 0.4) is 0 Å². The van der Waals surface area contributed by atoms with Crippen molar-refractivity contribution in [3.05, 3.63) is 0 Å². The number of ether oxygens (including phenoxy) is 3. The second-order valence-corrected chi connectivity index (χ2v) is 14.2. The van der Waals surface area contributed by atoms with E-state index in [4.69, 9.17) is 14.2 Å². The normalized spacial score (nSPS) is 29.2. The summed E-state index contributed by atoms with van der Waals surface area (Å²) < 4.78 is 16.1. The Morgan fingerprint density at radius 3 is 1.63 bits per heavy atom. The monoisotopic (exact) mass is 576 g/mol. The predicted octanol–water partition coefficient (Wildman–Crippen LogP) is 2.99. The average Bonchev–Trinajstić information content (AvgIpc) is 3.85. The molecule has 10 heteroatoms. The van der Waals surface area contributed by atoms with Gasteiger partial charge in [-0.2, -0.15) is 0 Å². The Bertz CT molecular complexity index is 925. The van der Waals surface area contributed by atoms with Crippen LogP contribution in [0.15, 0.2) is 0 Å². The van der Waals surface area contributed by atoms with E-state index in [0.717, 1.165) is 90.9 Å². The largest absolute Gasteiger partial charge is 0.444 e. The molecule has 2 unspecified atom stereocenters. The van der Waals surface area contributed by atoms with Gasteiger partial charge in [-0.25, -0.2) is 4.79 Å². The second kappa shape index (κ2) is 12.8. The van der Waals surface area contributed by atoms with Crippen molar-refractivity contribution >= 4 is 17.9 Å². The molecule has 3 amide bonds. The van der Waals surface area contributed by atoms with Crippen LogP contribution in [0.1, 0.15) is 85.0 Å². The summed E-state index contributed by atoms with van der Waals surface area (Å²) in [6.45, 7) is 12.3. The third kappa shape index (κ3) is 7.93. The molecule has 6 aliphatic rings. The summed E-state index contributed by atoms with van der Waals surface area (Å²) in [5.74, 6) is 0.931. The topological polar surface area (TPSA) is 118 Å². The maximum absolute atomic E-state index is 12.5. The Balaban J connectivity index is 0.000000174. The molecule has 0 radical (unpaired) electrons. The smallest absolute Gasteiger partial charge is 0.410 e. The van der Waals surface area contributed by atoms with Crippen LogP contribution >= 0.6 is 0 Å². The summed E-state index contributed by atoms with van der Waals surface area (Å²) >= 11 is 0. The molecule has 0 aromatic carbocycles. The highest BCUT2D eigenvalue weighted by atomic mass is 16.6. The molecule has 6 rings (SSSR count). The fourth-order valence-corrected chi connectivity index (χ4v) is 7.22. The van der Waals surface area contributed by atoms with Crippen LogP contribution in [0, 0.1) is 22.7 Å². The Kier molecular flexibility index (Phi) is 9.50. The van der Waals surface area contributed by atoms with E-state index >= 15 is 0 Å². The van der Waals surface area contributed by atoms with Gasteiger partial charge in [0, 0.05) is 63.4 Å². The summed E-state index contributed by atoms with van der Waals surface area (Å²) in [6, 6.07) is 0.626. The number of nitrogens with zero attached hydrogens (tertiary/aromatic N) is 1. The molecular formula is C31H52N4O6. The Hall–Kier alpha value is -1.91. The number of hydrogen-bond acceptors (Lipinski definition) is 7. The van der Waals surface area contributed by atoms with Crippen molar-refractivity contribution in [2.75, 3.05) is 52.6 Å². The van der Waals surface area contributed by atoms with E-state index in [1.54, 1.807) is 4.90 Å². The fraction of sp³-hybridized carbons (Fsp3) is 0.903. The maximum atomic E-state index is 12.5. The van der Waals surface area contributed by atoms with Gasteiger partial charge < -0.3 is 35.1 Å². The van der Waals surface area contributed by atoms with Crippen molar-refractivity contribution < 1.29 is 28.6 Å². The van der Waals surface area contributed by atoms with E-state index in [1.807, 2.05) is 20.8 Å². The summed E-state index contributed by atoms with van der Waals surface area (Å²) in [4.78, 5) is 38.6. The first-order chi connectivity index (χ1) is 19.6. The van der Waals surface area contributed by atoms with Gasteiger partial charge in [0.1, 0.15) is 5.60 Å². The van der Waals surface area contributed by atoms with Crippen molar-refractivity contribution in [3.8, 4) is 0 Å². The maximum Gasteiger partial charge on any atom is 0.410 e. The highest BCUT2D eigenvalue weighted by Gasteiger charge is 2.59. The van der Waals surface area contributed by atoms with Gasteiger partial charge in [-0.3, -0.25) is 9.59 Å². The Morgan fingerprint density at radius 1 is 0.756 bits per heavy atom. The molecule has 6 fully saturated rings.